The Bertz CT molecular complexity index is 1130. The monoisotopic (exact) mass is 490 g/mol. The summed E-state index contributed by atoms with van der Waals surface area (Å²) in [6.07, 6.45) is 1.90. The Morgan fingerprint density at radius 2 is 2.06 bits per heavy atom. The molecule has 2 amide bonds. The molecule has 2 aliphatic rings. The predicted octanol–water partition coefficient (Wildman–Crippen LogP) is 3.25. The van der Waals surface area contributed by atoms with Crippen molar-refractivity contribution in [3.05, 3.63) is 41.1 Å². The van der Waals surface area contributed by atoms with Gasteiger partial charge in [-0.1, -0.05) is 18.5 Å². The Balaban J connectivity index is 1.54. The van der Waals surface area contributed by atoms with Crippen molar-refractivity contribution in [2.45, 2.75) is 26.7 Å². The molecule has 1 saturated heterocycles. The maximum absolute atomic E-state index is 15.2. The highest BCUT2D eigenvalue weighted by Crippen LogP contribution is 2.35. The lowest BCUT2D eigenvalue weighted by Gasteiger charge is -2.36. The molecule has 0 radical (unpaired) electrons. The van der Waals surface area contributed by atoms with Crippen LogP contribution in [0.4, 0.5) is 15.8 Å². The number of fused-ring (bicyclic) bond motifs is 1. The van der Waals surface area contributed by atoms with Crippen molar-refractivity contribution in [3.8, 4) is 5.88 Å². The zero-order chi connectivity index (χ0) is 24.4. The SMILES string of the molecule is CCOC(=O)CC1CCN(c2ccc(N3CCOc4ncnc(Cl)c4C3=O)cc2F)C(=O)C1C. The number of rotatable bonds is 5. The zero-order valence-corrected chi connectivity index (χ0v) is 19.5. The number of hydrogen-bond acceptors (Lipinski definition) is 7. The molecule has 0 spiro atoms. The first-order valence-electron chi connectivity index (χ1n) is 11.0. The average Bonchev–Trinajstić information content (AvgIpc) is 2.97. The van der Waals surface area contributed by atoms with Crippen LogP contribution >= 0.6 is 11.6 Å². The molecule has 2 atom stereocenters. The summed E-state index contributed by atoms with van der Waals surface area (Å²) in [5.41, 5.74) is 0.426. The van der Waals surface area contributed by atoms with Gasteiger partial charge in [0.25, 0.3) is 5.91 Å². The standard InChI is InChI=1S/C23H24ClFN4O5/c1-3-33-18(30)10-14-6-7-29(22(31)13(14)2)17-5-4-15(11-16(17)25)28-8-9-34-21-19(23(28)32)20(24)26-12-27-21/h4-5,11-14H,3,6-10H2,1-2H3. The van der Waals surface area contributed by atoms with Crippen molar-refractivity contribution in [2.24, 2.45) is 11.8 Å². The Morgan fingerprint density at radius 1 is 1.26 bits per heavy atom. The van der Waals surface area contributed by atoms with E-state index in [1.165, 1.54) is 28.3 Å². The second-order valence-corrected chi connectivity index (χ2v) is 8.48. The van der Waals surface area contributed by atoms with Gasteiger partial charge in [0.2, 0.25) is 11.8 Å². The smallest absolute Gasteiger partial charge is 0.306 e. The summed E-state index contributed by atoms with van der Waals surface area (Å²) in [7, 11) is 0. The van der Waals surface area contributed by atoms with Gasteiger partial charge in [-0.25, -0.2) is 14.4 Å². The summed E-state index contributed by atoms with van der Waals surface area (Å²) in [6, 6.07) is 4.25. The number of carbonyl (C=O) groups excluding carboxylic acids is 3. The summed E-state index contributed by atoms with van der Waals surface area (Å²) < 4.78 is 25.7. The highest BCUT2D eigenvalue weighted by molar-refractivity contribution is 6.33. The Morgan fingerprint density at radius 3 is 2.79 bits per heavy atom. The van der Waals surface area contributed by atoms with Gasteiger partial charge in [-0.05, 0) is 37.5 Å². The van der Waals surface area contributed by atoms with E-state index in [1.54, 1.807) is 19.9 Å². The third-order valence-electron chi connectivity index (χ3n) is 6.13. The van der Waals surface area contributed by atoms with Gasteiger partial charge >= 0.3 is 5.97 Å². The van der Waals surface area contributed by atoms with E-state index in [0.29, 0.717) is 12.1 Å². The number of piperidine rings is 1. The van der Waals surface area contributed by atoms with Crippen LogP contribution in [0.1, 0.15) is 37.0 Å². The quantitative estimate of drug-likeness (QED) is 0.468. The summed E-state index contributed by atoms with van der Waals surface area (Å²) in [4.78, 5) is 48.4. The molecule has 34 heavy (non-hydrogen) atoms. The lowest BCUT2D eigenvalue weighted by molar-refractivity contribution is -0.145. The van der Waals surface area contributed by atoms with Crippen LogP contribution in [0.5, 0.6) is 5.88 Å². The molecule has 3 heterocycles. The Hall–Kier alpha value is -3.27. The van der Waals surface area contributed by atoms with E-state index < -0.39 is 17.6 Å². The van der Waals surface area contributed by atoms with Crippen LogP contribution in [-0.2, 0) is 14.3 Å². The lowest BCUT2D eigenvalue weighted by atomic mass is 9.83. The van der Waals surface area contributed by atoms with Crippen molar-refractivity contribution >= 4 is 40.8 Å². The van der Waals surface area contributed by atoms with Crippen LogP contribution in [-0.4, -0.2) is 54.1 Å². The minimum atomic E-state index is -0.643. The average molecular weight is 491 g/mol. The fourth-order valence-electron chi connectivity index (χ4n) is 4.29. The molecular formula is C23H24ClFN4O5. The van der Waals surface area contributed by atoms with Gasteiger partial charge in [0.1, 0.15) is 29.5 Å². The maximum Gasteiger partial charge on any atom is 0.306 e. The number of amides is 2. The van der Waals surface area contributed by atoms with Gasteiger partial charge in [0, 0.05) is 24.6 Å². The van der Waals surface area contributed by atoms with Crippen molar-refractivity contribution in [1.82, 2.24) is 9.97 Å². The summed E-state index contributed by atoms with van der Waals surface area (Å²) >= 11 is 6.09. The van der Waals surface area contributed by atoms with Gasteiger partial charge in [-0.15, -0.1) is 0 Å². The third kappa shape index (κ3) is 4.54. The second kappa shape index (κ2) is 9.92. The van der Waals surface area contributed by atoms with E-state index in [1.807, 2.05) is 0 Å². The van der Waals surface area contributed by atoms with Gasteiger partial charge in [-0.3, -0.25) is 14.4 Å². The number of halogens is 2. The molecule has 11 heteroatoms. The van der Waals surface area contributed by atoms with Crippen LogP contribution in [0.15, 0.2) is 24.5 Å². The third-order valence-corrected chi connectivity index (χ3v) is 6.42. The van der Waals surface area contributed by atoms with Crippen molar-refractivity contribution in [2.75, 3.05) is 36.1 Å². The molecule has 0 aliphatic carbocycles. The van der Waals surface area contributed by atoms with Crippen LogP contribution in [0.2, 0.25) is 5.15 Å². The normalized spacial score (nSPS) is 20.5. The highest BCUT2D eigenvalue weighted by atomic mass is 35.5. The molecule has 0 N–H and O–H groups in total. The molecule has 0 bridgehead atoms. The van der Waals surface area contributed by atoms with Gasteiger partial charge in [0.05, 0.1) is 18.8 Å². The second-order valence-electron chi connectivity index (χ2n) is 8.12. The predicted molar refractivity (Wildman–Crippen MR) is 121 cm³/mol. The van der Waals surface area contributed by atoms with Crippen LogP contribution in [0.3, 0.4) is 0 Å². The molecule has 2 unspecified atom stereocenters. The number of ether oxygens (including phenoxy) is 2. The molecule has 2 aromatic rings. The summed E-state index contributed by atoms with van der Waals surface area (Å²) in [6.45, 7) is 4.33. The summed E-state index contributed by atoms with van der Waals surface area (Å²) in [5.74, 6) is -2.29. The minimum absolute atomic E-state index is 0.0128. The number of anilines is 2. The van der Waals surface area contributed by atoms with Crippen LogP contribution in [0.25, 0.3) is 0 Å². The van der Waals surface area contributed by atoms with Gasteiger partial charge in [-0.2, -0.15) is 0 Å². The van der Waals surface area contributed by atoms with E-state index in [2.05, 4.69) is 9.97 Å². The van der Waals surface area contributed by atoms with Crippen molar-refractivity contribution < 1.29 is 28.2 Å². The number of carbonyl (C=O) groups is 3. The van der Waals surface area contributed by atoms with E-state index in [4.69, 9.17) is 21.1 Å². The Labute approximate surface area is 200 Å². The number of nitrogens with zero attached hydrogens (tertiary/aromatic N) is 4. The molecule has 9 nitrogen and oxygen atoms in total. The maximum atomic E-state index is 15.2. The van der Waals surface area contributed by atoms with Gasteiger partial charge < -0.3 is 19.3 Å². The molecule has 2 aliphatic heterocycles. The molecule has 1 aromatic carbocycles. The van der Waals surface area contributed by atoms with E-state index in [-0.39, 0.29) is 72.8 Å². The highest BCUT2D eigenvalue weighted by Gasteiger charge is 2.37. The van der Waals surface area contributed by atoms with E-state index >= 15 is 4.39 Å². The molecule has 1 aromatic heterocycles. The number of hydrogen-bond donors (Lipinski definition) is 0. The largest absolute Gasteiger partial charge is 0.475 e. The fourth-order valence-corrected chi connectivity index (χ4v) is 4.50. The van der Waals surface area contributed by atoms with E-state index in [9.17, 15) is 14.4 Å². The number of aromatic nitrogens is 2. The van der Waals surface area contributed by atoms with Crippen molar-refractivity contribution in [1.29, 1.82) is 0 Å². The lowest BCUT2D eigenvalue weighted by Crippen LogP contribution is -2.45. The first-order chi connectivity index (χ1) is 16.3. The first kappa shape index (κ1) is 23.9. The number of esters is 1. The van der Waals surface area contributed by atoms with Crippen molar-refractivity contribution in [3.63, 3.8) is 0 Å². The fraction of sp³-hybridized carbons (Fsp3) is 0.435. The summed E-state index contributed by atoms with van der Waals surface area (Å²) in [5, 5.41) is -0.0516. The first-order valence-corrected chi connectivity index (χ1v) is 11.4. The topological polar surface area (TPSA) is 102 Å². The molecule has 0 saturated carbocycles. The minimum Gasteiger partial charge on any atom is -0.475 e. The van der Waals surface area contributed by atoms with Crippen LogP contribution in [0, 0.1) is 17.7 Å². The van der Waals surface area contributed by atoms with E-state index in [0.717, 1.165) is 0 Å². The molecular weight excluding hydrogens is 467 g/mol. The zero-order valence-electron chi connectivity index (χ0n) is 18.8. The van der Waals surface area contributed by atoms with Crippen LogP contribution < -0.4 is 14.5 Å². The van der Waals surface area contributed by atoms with Gasteiger partial charge in [0.15, 0.2) is 0 Å². The Kier molecular flexibility index (Phi) is 6.97. The molecule has 1 fully saturated rings. The number of benzene rings is 1. The molecule has 4 rings (SSSR count). The molecule has 180 valence electrons.